The van der Waals surface area contributed by atoms with E-state index < -0.39 is 11.8 Å². The molecule has 9 heteroatoms. The van der Waals surface area contributed by atoms with E-state index in [2.05, 4.69) is 21.2 Å². The number of carbonyl (C=O) groups is 3. The number of nitrogens with one attached hydrogen (secondary N) is 3. The number of para-hydroxylation sites is 1. The summed E-state index contributed by atoms with van der Waals surface area (Å²) < 4.78 is 5.57. The van der Waals surface area contributed by atoms with E-state index in [1.54, 1.807) is 48.5 Å². The summed E-state index contributed by atoms with van der Waals surface area (Å²) in [5, 5.41) is 9.50. The van der Waals surface area contributed by atoms with Gasteiger partial charge in [0.05, 0.1) is 6.21 Å². The Balaban J connectivity index is 1.49. The van der Waals surface area contributed by atoms with Gasteiger partial charge in [-0.2, -0.15) is 5.10 Å². The first-order valence-corrected chi connectivity index (χ1v) is 10.3. The topological polar surface area (TPSA) is 109 Å². The molecule has 0 aliphatic heterocycles. The van der Waals surface area contributed by atoms with Crippen molar-refractivity contribution in [1.29, 1.82) is 0 Å². The van der Waals surface area contributed by atoms with Gasteiger partial charge in [-0.1, -0.05) is 60.1 Å². The number of amides is 3. The number of benzene rings is 3. The highest BCUT2D eigenvalue weighted by atomic mass is 35.5. The molecule has 3 N–H and O–H groups in total. The van der Waals surface area contributed by atoms with Crippen molar-refractivity contribution in [1.82, 2.24) is 10.7 Å². The molecule has 33 heavy (non-hydrogen) atoms. The Hall–Kier alpha value is -4.17. The molecule has 0 saturated carbocycles. The first-order chi connectivity index (χ1) is 16.0. The van der Waals surface area contributed by atoms with Gasteiger partial charge in [0.1, 0.15) is 5.75 Å². The van der Waals surface area contributed by atoms with Gasteiger partial charge in [0.2, 0.25) is 0 Å². The Bertz CT molecular complexity index is 1150. The number of nitrogens with zero attached hydrogens (tertiary/aromatic N) is 1. The van der Waals surface area contributed by atoms with Gasteiger partial charge in [-0.3, -0.25) is 14.4 Å². The molecule has 0 spiro atoms. The summed E-state index contributed by atoms with van der Waals surface area (Å²) in [5.41, 5.74) is 4.10. The summed E-state index contributed by atoms with van der Waals surface area (Å²) in [6, 6.07) is 22.8. The van der Waals surface area contributed by atoms with Gasteiger partial charge >= 0.3 is 11.8 Å². The maximum Gasteiger partial charge on any atom is 0.329 e. The lowest BCUT2D eigenvalue weighted by molar-refractivity contribution is -0.139. The van der Waals surface area contributed by atoms with Crippen molar-refractivity contribution in [2.45, 2.75) is 6.54 Å². The van der Waals surface area contributed by atoms with Gasteiger partial charge in [0, 0.05) is 22.8 Å². The number of hydrogen-bond donors (Lipinski definition) is 3. The summed E-state index contributed by atoms with van der Waals surface area (Å²) in [5.74, 6) is -1.70. The molecule has 8 nitrogen and oxygen atoms in total. The van der Waals surface area contributed by atoms with Gasteiger partial charge in [-0.15, -0.1) is 0 Å². The molecule has 3 amide bonds. The number of hydrazone groups is 1. The van der Waals surface area contributed by atoms with Crippen LogP contribution in [0.15, 0.2) is 84.0 Å². The van der Waals surface area contributed by atoms with Crippen LogP contribution in [-0.4, -0.2) is 30.5 Å². The summed E-state index contributed by atoms with van der Waals surface area (Å²) in [6.07, 6.45) is 1.33. The number of hydrogen-bond acceptors (Lipinski definition) is 5. The average Bonchev–Trinajstić information content (AvgIpc) is 2.82. The van der Waals surface area contributed by atoms with Crippen molar-refractivity contribution in [2.24, 2.45) is 5.10 Å². The first kappa shape index (κ1) is 23.5. The molecule has 0 heterocycles. The predicted octanol–water partition coefficient (Wildman–Crippen LogP) is 3.12. The second kappa shape index (κ2) is 12.0. The van der Waals surface area contributed by atoms with Crippen LogP contribution in [0.3, 0.4) is 0 Å². The van der Waals surface area contributed by atoms with E-state index in [1.165, 1.54) is 6.21 Å². The maximum absolute atomic E-state index is 12.1. The van der Waals surface area contributed by atoms with Crippen molar-refractivity contribution >= 4 is 41.2 Å². The van der Waals surface area contributed by atoms with Crippen molar-refractivity contribution in [3.63, 3.8) is 0 Å². The highest BCUT2D eigenvalue weighted by molar-refractivity contribution is 6.35. The number of carbonyl (C=O) groups excluding carboxylic acids is 3. The number of anilines is 1. The molecule has 3 aromatic rings. The fourth-order valence-electron chi connectivity index (χ4n) is 2.69. The second-order valence-corrected chi connectivity index (χ2v) is 7.19. The minimum Gasteiger partial charge on any atom is -0.483 e. The summed E-state index contributed by atoms with van der Waals surface area (Å²) >= 11 is 5.91. The Morgan fingerprint density at radius 2 is 1.67 bits per heavy atom. The minimum absolute atomic E-state index is 0.227. The lowest BCUT2D eigenvalue weighted by atomic mass is 10.2. The SMILES string of the molecule is O=C(COc1ccccc1/C=N\NC(=O)C(=O)NCc1ccccc1)Nc1cccc(Cl)c1. The third-order valence-electron chi connectivity index (χ3n) is 4.26. The van der Waals surface area contributed by atoms with E-state index in [-0.39, 0.29) is 19.1 Å². The minimum atomic E-state index is -0.901. The third kappa shape index (κ3) is 7.79. The van der Waals surface area contributed by atoms with Crippen LogP contribution in [0.2, 0.25) is 5.02 Å². The zero-order valence-corrected chi connectivity index (χ0v) is 18.2. The van der Waals surface area contributed by atoms with Gasteiger partial charge in [-0.05, 0) is 35.9 Å². The van der Waals surface area contributed by atoms with Crippen LogP contribution in [-0.2, 0) is 20.9 Å². The van der Waals surface area contributed by atoms with E-state index >= 15 is 0 Å². The summed E-state index contributed by atoms with van der Waals surface area (Å²) in [4.78, 5) is 36.0. The normalized spacial score (nSPS) is 10.5. The second-order valence-electron chi connectivity index (χ2n) is 6.75. The number of ether oxygens (including phenoxy) is 1. The quantitative estimate of drug-likeness (QED) is 0.270. The molecule has 0 atom stereocenters. The molecule has 0 bridgehead atoms. The molecular weight excluding hydrogens is 444 g/mol. The van der Waals surface area contributed by atoms with Crippen molar-refractivity contribution in [3.8, 4) is 5.75 Å². The van der Waals surface area contributed by atoms with Crippen LogP contribution in [0.25, 0.3) is 0 Å². The molecule has 3 aromatic carbocycles. The van der Waals surface area contributed by atoms with E-state index in [0.717, 1.165) is 5.56 Å². The van der Waals surface area contributed by atoms with Gasteiger partial charge in [0.15, 0.2) is 6.61 Å². The fraction of sp³-hybridized carbons (Fsp3) is 0.0833. The Morgan fingerprint density at radius 1 is 0.909 bits per heavy atom. The molecule has 3 rings (SSSR count). The standard InChI is InChI=1S/C24H21ClN4O4/c25-19-10-6-11-20(13-19)28-22(30)16-33-21-12-5-4-9-18(21)15-27-29-24(32)23(31)26-14-17-7-2-1-3-8-17/h1-13,15H,14,16H2,(H,26,31)(H,28,30)(H,29,32)/b27-15-. The third-order valence-corrected chi connectivity index (χ3v) is 4.49. The Labute approximate surface area is 195 Å². The summed E-state index contributed by atoms with van der Waals surface area (Å²) in [7, 11) is 0. The fourth-order valence-corrected chi connectivity index (χ4v) is 2.89. The van der Waals surface area contributed by atoms with Crippen LogP contribution >= 0.6 is 11.6 Å². The molecule has 0 fully saturated rings. The molecule has 0 radical (unpaired) electrons. The smallest absolute Gasteiger partial charge is 0.329 e. The van der Waals surface area contributed by atoms with E-state index in [1.807, 2.05) is 30.3 Å². The lowest BCUT2D eigenvalue weighted by Gasteiger charge is -2.09. The maximum atomic E-state index is 12.1. The molecule has 0 saturated heterocycles. The van der Waals surface area contributed by atoms with E-state index in [9.17, 15) is 14.4 Å². The Kier molecular flexibility index (Phi) is 8.55. The van der Waals surface area contributed by atoms with Gasteiger partial charge in [0.25, 0.3) is 5.91 Å². The van der Waals surface area contributed by atoms with Crippen LogP contribution < -0.4 is 20.8 Å². The average molecular weight is 465 g/mol. The van der Waals surface area contributed by atoms with Crippen LogP contribution in [0.1, 0.15) is 11.1 Å². The highest BCUT2D eigenvalue weighted by Crippen LogP contribution is 2.17. The summed E-state index contributed by atoms with van der Waals surface area (Å²) in [6.45, 7) is -0.0175. The Morgan fingerprint density at radius 3 is 2.45 bits per heavy atom. The van der Waals surface area contributed by atoms with Crippen molar-refractivity contribution < 1.29 is 19.1 Å². The van der Waals surface area contributed by atoms with Crippen LogP contribution in [0, 0.1) is 0 Å². The predicted molar refractivity (Wildman–Crippen MR) is 126 cm³/mol. The van der Waals surface area contributed by atoms with E-state index in [4.69, 9.17) is 16.3 Å². The lowest BCUT2D eigenvalue weighted by Crippen LogP contribution is -2.37. The van der Waals surface area contributed by atoms with Gasteiger partial charge < -0.3 is 15.4 Å². The molecule has 0 aromatic heterocycles. The molecule has 0 unspecified atom stereocenters. The zero-order valence-electron chi connectivity index (χ0n) is 17.5. The van der Waals surface area contributed by atoms with Crippen LogP contribution in [0.4, 0.5) is 5.69 Å². The highest BCUT2D eigenvalue weighted by Gasteiger charge is 2.12. The zero-order chi connectivity index (χ0) is 23.5. The largest absolute Gasteiger partial charge is 0.483 e. The van der Waals surface area contributed by atoms with Crippen molar-refractivity contribution in [2.75, 3.05) is 11.9 Å². The molecule has 168 valence electrons. The van der Waals surface area contributed by atoms with Gasteiger partial charge in [-0.25, -0.2) is 5.43 Å². The molecule has 0 aliphatic rings. The van der Waals surface area contributed by atoms with E-state index in [0.29, 0.717) is 22.0 Å². The van der Waals surface area contributed by atoms with Crippen LogP contribution in [0.5, 0.6) is 5.75 Å². The first-order valence-electron chi connectivity index (χ1n) is 9.93. The monoisotopic (exact) mass is 464 g/mol. The number of halogens is 1. The van der Waals surface area contributed by atoms with Crippen molar-refractivity contribution in [3.05, 3.63) is 95.0 Å². The number of rotatable bonds is 8. The molecular formula is C24H21ClN4O4. The molecule has 0 aliphatic carbocycles.